The van der Waals surface area contributed by atoms with E-state index in [0.29, 0.717) is 29.0 Å². The van der Waals surface area contributed by atoms with Crippen LogP contribution in [-0.4, -0.2) is 16.9 Å². The molecular weight excluding hydrogens is 242 g/mol. The lowest BCUT2D eigenvalue weighted by Gasteiger charge is -2.00. The SMILES string of the molecule is CCc1noc(C)c1C(=O)N=C(N)c1ccccc1. The quantitative estimate of drug-likeness (QED) is 0.674. The number of carbonyl (C=O) groups excluding carboxylic acids is 1. The fraction of sp³-hybridized carbons (Fsp3) is 0.214. The molecule has 0 unspecified atom stereocenters. The standard InChI is InChI=1S/C14H15N3O2/c1-3-11-12(9(2)19-17-11)14(18)16-13(15)10-7-5-4-6-8-10/h4-8H,3H2,1-2H3,(H2,15,16,18). The Morgan fingerprint density at radius 1 is 1.37 bits per heavy atom. The topological polar surface area (TPSA) is 81.5 Å². The molecule has 0 saturated carbocycles. The second-order valence-corrected chi connectivity index (χ2v) is 4.08. The summed E-state index contributed by atoms with van der Waals surface area (Å²) in [4.78, 5) is 16.0. The molecule has 0 aliphatic rings. The molecule has 0 aliphatic heterocycles. The number of hydrogen-bond donors (Lipinski definition) is 1. The fourth-order valence-electron chi connectivity index (χ4n) is 1.77. The van der Waals surface area contributed by atoms with Gasteiger partial charge in [0.1, 0.15) is 17.2 Å². The third kappa shape index (κ3) is 2.70. The first kappa shape index (κ1) is 13.0. The van der Waals surface area contributed by atoms with Gasteiger partial charge in [0.05, 0.1) is 5.69 Å². The molecular formula is C14H15N3O2. The van der Waals surface area contributed by atoms with Gasteiger partial charge in [0.15, 0.2) is 0 Å². The Hall–Kier alpha value is -2.43. The number of hydrogen-bond acceptors (Lipinski definition) is 3. The number of amidine groups is 1. The Morgan fingerprint density at radius 3 is 2.68 bits per heavy atom. The lowest BCUT2D eigenvalue weighted by Crippen LogP contribution is -2.16. The molecule has 0 fully saturated rings. The van der Waals surface area contributed by atoms with Crippen molar-refractivity contribution in [3.05, 3.63) is 52.9 Å². The summed E-state index contributed by atoms with van der Waals surface area (Å²) in [6.07, 6.45) is 0.610. The molecule has 2 rings (SSSR count). The molecule has 0 radical (unpaired) electrons. The molecule has 2 N–H and O–H groups in total. The van der Waals surface area contributed by atoms with Crippen LogP contribution in [-0.2, 0) is 6.42 Å². The number of amides is 1. The Kier molecular flexibility index (Phi) is 3.75. The highest BCUT2D eigenvalue weighted by molar-refractivity contribution is 6.09. The first-order chi connectivity index (χ1) is 9.13. The molecule has 1 aromatic heterocycles. The van der Waals surface area contributed by atoms with E-state index in [-0.39, 0.29) is 5.84 Å². The summed E-state index contributed by atoms with van der Waals surface area (Å²) in [6, 6.07) is 9.15. The van der Waals surface area contributed by atoms with Crippen molar-refractivity contribution in [1.82, 2.24) is 5.16 Å². The minimum absolute atomic E-state index is 0.188. The van der Waals surface area contributed by atoms with E-state index >= 15 is 0 Å². The smallest absolute Gasteiger partial charge is 0.284 e. The van der Waals surface area contributed by atoms with Crippen molar-refractivity contribution in [2.75, 3.05) is 0 Å². The van der Waals surface area contributed by atoms with E-state index < -0.39 is 5.91 Å². The van der Waals surface area contributed by atoms with Crippen LogP contribution in [0.15, 0.2) is 39.8 Å². The summed E-state index contributed by atoms with van der Waals surface area (Å²) in [5.41, 5.74) is 7.54. The molecule has 2 aromatic rings. The average molecular weight is 257 g/mol. The van der Waals surface area contributed by atoms with Gasteiger partial charge in [0, 0.05) is 5.56 Å². The van der Waals surface area contributed by atoms with Gasteiger partial charge in [-0.1, -0.05) is 42.4 Å². The van der Waals surface area contributed by atoms with Crippen LogP contribution in [0.5, 0.6) is 0 Å². The van der Waals surface area contributed by atoms with Gasteiger partial charge in [-0.05, 0) is 13.3 Å². The predicted octanol–water partition coefficient (Wildman–Crippen LogP) is 2.09. The van der Waals surface area contributed by atoms with E-state index in [9.17, 15) is 4.79 Å². The zero-order chi connectivity index (χ0) is 13.8. The lowest BCUT2D eigenvalue weighted by atomic mass is 10.1. The minimum Gasteiger partial charge on any atom is -0.383 e. The van der Waals surface area contributed by atoms with Crippen molar-refractivity contribution in [2.45, 2.75) is 20.3 Å². The molecule has 0 aliphatic carbocycles. The minimum atomic E-state index is -0.419. The Bertz CT molecular complexity index is 615. The van der Waals surface area contributed by atoms with E-state index in [1.807, 2.05) is 25.1 Å². The number of benzene rings is 1. The van der Waals surface area contributed by atoms with Crippen LogP contribution < -0.4 is 5.73 Å². The van der Waals surface area contributed by atoms with Gasteiger partial charge in [-0.3, -0.25) is 4.79 Å². The predicted molar refractivity (Wildman–Crippen MR) is 72.1 cm³/mol. The molecule has 1 amide bonds. The molecule has 5 heteroatoms. The van der Waals surface area contributed by atoms with Crippen LogP contribution in [0.2, 0.25) is 0 Å². The number of nitrogens with zero attached hydrogens (tertiary/aromatic N) is 2. The molecule has 1 aromatic carbocycles. The average Bonchev–Trinajstić information content (AvgIpc) is 2.80. The van der Waals surface area contributed by atoms with E-state index in [4.69, 9.17) is 10.3 Å². The van der Waals surface area contributed by atoms with E-state index in [0.717, 1.165) is 0 Å². The summed E-state index contributed by atoms with van der Waals surface area (Å²) in [6.45, 7) is 3.59. The highest BCUT2D eigenvalue weighted by Gasteiger charge is 2.19. The number of aryl methyl sites for hydroxylation is 2. The monoisotopic (exact) mass is 257 g/mol. The van der Waals surface area contributed by atoms with Crippen molar-refractivity contribution < 1.29 is 9.32 Å². The van der Waals surface area contributed by atoms with Gasteiger partial charge >= 0.3 is 0 Å². The summed E-state index contributed by atoms with van der Waals surface area (Å²) in [7, 11) is 0. The van der Waals surface area contributed by atoms with E-state index in [1.54, 1.807) is 19.1 Å². The first-order valence-electron chi connectivity index (χ1n) is 6.02. The Labute approximate surface area is 111 Å². The van der Waals surface area contributed by atoms with E-state index in [2.05, 4.69) is 10.1 Å². The second-order valence-electron chi connectivity index (χ2n) is 4.08. The number of rotatable bonds is 3. The maximum atomic E-state index is 12.1. The van der Waals surface area contributed by atoms with Crippen LogP contribution in [0.25, 0.3) is 0 Å². The largest absolute Gasteiger partial charge is 0.383 e. The summed E-state index contributed by atoms with van der Waals surface area (Å²) in [5.74, 6) is 0.233. The normalized spacial score (nSPS) is 11.6. The van der Waals surface area contributed by atoms with Crippen LogP contribution >= 0.6 is 0 Å². The number of carbonyl (C=O) groups is 1. The summed E-state index contributed by atoms with van der Waals surface area (Å²) < 4.78 is 5.01. The van der Waals surface area contributed by atoms with Gasteiger partial charge in [-0.15, -0.1) is 0 Å². The molecule has 1 heterocycles. The van der Waals surface area contributed by atoms with Crippen LogP contribution in [0, 0.1) is 6.92 Å². The maximum absolute atomic E-state index is 12.1. The number of nitrogens with two attached hydrogens (primary N) is 1. The second kappa shape index (κ2) is 5.48. The van der Waals surface area contributed by atoms with Crippen LogP contribution in [0.4, 0.5) is 0 Å². The van der Waals surface area contributed by atoms with Gasteiger partial charge < -0.3 is 10.3 Å². The van der Waals surface area contributed by atoms with Crippen molar-refractivity contribution in [3.8, 4) is 0 Å². The molecule has 19 heavy (non-hydrogen) atoms. The zero-order valence-electron chi connectivity index (χ0n) is 10.9. The molecule has 0 atom stereocenters. The molecule has 98 valence electrons. The molecule has 5 nitrogen and oxygen atoms in total. The summed E-state index contributed by atoms with van der Waals surface area (Å²) >= 11 is 0. The molecule has 0 spiro atoms. The summed E-state index contributed by atoms with van der Waals surface area (Å²) in [5, 5.41) is 3.83. The van der Waals surface area contributed by atoms with Crippen molar-refractivity contribution in [1.29, 1.82) is 0 Å². The number of aromatic nitrogens is 1. The fourth-order valence-corrected chi connectivity index (χ4v) is 1.77. The van der Waals surface area contributed by atoms with Crippen molar-refractivity contribution in [3.63, 3.8) is 0 Å². The van der Waals surface area contributed by atoms with Gasteiger partial charge in [-0.2, -0.15) is 4.99 Å². The third-order valence-electron chi connectivity index (χ3n) is 2.77. The Morgan fingerprint density at radius 2 is 2.05 bits per heavy atom. The van der Waals surface area contributed by atoms with Crippen LogP contribution in [0.1, 0.15) is 34.3 Å². The molecule has 0 saturated heterocycles. The lowest BCUT2D eigenvalue weighted by molar-refractivity contribution is 0.100. The van der Waals surface area contributed by atoms with Gasteiger partial charge in [0.2, 0.25) is 0 Å². The maximum Gasteiger partial charge on any atom is 0.284 e. The van der Waals surface area contributed by atoms with Crippen LogP contribution in [0.3, 0.4) is 0 Å². The van der Waals surface area contributed by atoms with Gasteiger partial charge in [-0.25, -0.2) is 0 Å². The van der Waals surface area contributed by atoms with Gasteiger partial charge in [0.25, 0.3) is 5.91 Å². The van der Waals surface area contributed by atoms with Crippen molar-refractivity contribution >= 4 is 11.7 Å². The zero-order valence-corrected chi connectivity index (χ0v) is 10.9. The Balaban J connectivity index is 2.33. The highest BCUT2D eigenvalue weighted by atomic mass is 16.5. The molecule has 0 bridgehead atoms. The van der Waals surface area contributed by atoms with Crippen molar-refractivity contribution in [2.24, 2.45) is 10.7 Å². The van der Waals surface area contributed by atoms with E-state index in [1.165, 1.54) is 0 Å². The third-order valence-corrected chi connectivity index (χ3v) is 2.77. The highest BCUT2D eigenvalue weighted by Crippen LogP contribution is 2.15. The first-order valence-corrected chi connectivity index (χ1v) is 6.02. The number of aliphatic imine (C=N–C) groups is 1.